The van der Waals surface area contributed by atoms with Crippen LogP contribution in [-0.4, -0.2) is 34.3 Å². The molecule has 90 valence electrons. The summed E-state index contributed by atoms with van der Waals surface area (Å²) < 4.78 is 1.97. The van der Waals surface area contributed by atoms with Gasteiger partial charge in [-0.3, -0.25) is 9.58 Å². The Morgan fingerprint density at radius 3 is 3.06 bits per heavy atom. The summed E-state index contributed by atoms with van der Waals surface area (Å²) in [6, 6.07) is 2.55. The summed E-state index contributed by atoms with van der Waals surface area (Å²) in [7, 11) is 2.01. The first kappa shape index (κ1) is 11.6. The van der Waals surface area contributed by atoms with Gasteiger partial charge < -0.3 is 5.73 Å². The number of aryl methyl sites for hydroxylation is 1. The molecule has 1 aromatic rings. The molecule has 0 spiro atoms. The number of hydrogen-bond acceptors (Lipinski definition) is 3. The topological polar surface area (TPSA) is 47.1 Å². The number of aromatic nitrogens is 2. The second-order valence-corrected chi connectivity index (χ2v) is 4.79. The molecule has 4 heteroatoms. The molecule has 16 heavy (non-hydrogen) atoms. The van der Waals surface area contributed by atoms with Crippen molar-refractivity contribution in [2.24, 2.45) is 18.7 Å². The molecule has 1 saturated heterocycles. The van der Waals surface area contributed by atoms with Crippen LogP contribution in [0.15, 0.2) is 12.3 Å². The van der Waals surface area contributed by atoms with Crippen LogP contribution in [0.3, 0.4) is 0 Å². The van der Waals surface area contributed by atoms with E-state index in [1.807, 2.05) is 17.9 Å². The van der Waals surface area contributed by atoms with E-state index in [1.54, 1.807) is 0 Å². The van der Waals surface area contributed by atoms with Gasteiger partial charge in [-0.2, -0.15) is 5.10 Å². The molecule has 2 heterocycles. The number of piperidine rings is 1. The number of rotatable bonds is 3. The normalized spacial score (nSPS) is 24.6. The van der Waals surface area contributed by atoms with Crippen molar-refractivity contribution >= 4 is 0 Å². The van der Waals surface area contributed by atoms with E-state index in [-0.39, 0.29) is 0 Å². The molecule has 0 bridgehead atoms. The molecule has 1 aliphatic heterocycles. The standard InChI is InChI=1S/C12H22N4/c1-10(12-5-6-14-15(12)2)16-7-3-4-11(8-13)9-16/h5-6,10-11H,3-4,7-9,13H2,1-2H3. The molecule has 0 saturated carbocycles. The van der Waals surface area contributed by atoms with Gasteiger partial charge in [0.05, 0.1) is 5.69 Å². The van der Waals surface area contributed by atoms with Gasteiger partial charge in [0.15, 0.2) is 0 Å². The van der Waals surface area contributed by atoms with Crippen molar-refractivity contribution in [1.29, 1.82) is 0 Å². The average Bonchev–Trinajstić information content (AvgIpc) is 2.74. The van der Waals surface area contributed by atoms with E-state index in [0.717, 1.165) is 13.1 Å². The molecule has 0 amide bonds. The smallest absolute Gasteiger partial charge is 0.0549 e. The second kappa shape index (κ2) is 4.97. The van der Waals surface area contributed by atoms with Crippen molar-refractivity contribution in [3.05, 3.63) is 18.0 Å². The number of nitrogens with two attached hydrogens (primary N) is 1. The summed E-state index contributed by atoms with van der Waals surface area (Å²) in [5.41, 5.74) is 7.06. The zero-order valence-electron chi connectivity index (χ0n) is 10.3. The van der Waals surface area contributed by atoms with Crippen molar-refractivity contribution in [2.75, 3.05) is 19.6 Å². The van der Waals surface area contributed by atoms with Gasteiger partial charge in [0.1, 0.15) is 0 Å². The fourth-order valence-electron chi connectivity index (χ4n) is 2.62. The van der Waals surface area contributed by atoms with E-state index in [4.69, 9.17) is 5.73 Å². The van der Waals surface area contributed by atoms with E-state index in [0.29, 0.717) is 12.0 Å². The molecule has 4 nitrogen and oxygen atoms in total. The van der Waals surface area contributed by atoms with Crippen LogP contribution in [0, 0.1) is 5.92 Å². The predicted molar refractivity (Wildman–Crippen MR) is 65.0 cm³/mol. The number of nitrogens with zero attached hydrogens (tertiary/aromatic N) is 3. The molecule has 2 N–H and O–H groups in total. The Kier molecular flexibility index (Phi) is 3.61. The SMILES string of the molecule is CC(c1ccnn1C)N1CCCC(CN)C1. The van der Waals surface area contributed by atoms with E-state index < -0.39 is 0 Å². The maximum Gasteiger partial charge on any atom is 0.0549 e. The van der Waals surface area contributed by atoms with Crippen LogP contribution >= 0.6 is 0 Å². The fraction of sp³-hybridized carbons (Fsp3) is 0.750. The monoisotopic (exact) mass is 222 g/mol. The minimum Gasteiger partial charge on any atom is -0.330 e. The van der Waals surface area contributed by atoms with Crippen LogP contribution in [0.5, 0.6) is 0 Å². The van der Waals surface area contributed by atoms with E-state index in [9.17, 15) is 0 Å². The number of hydrogen-bond donors (Lipinski definition) is 1. The highest BCUT2D eigenvalue weighted by atomic mass is 15.3. The summed E-state index contributed by atoms with van der Waals surface area (Å²) in [5.74, 6) is 0.671. The highest BCUT2D eigenvalue weighted by Crippen LogP contribution is 2.25. The summed E-state index contributed by atoms with van der Waals surface area (Å²) in [5, 5.41) is 4.24. The van der Waals surface area contributed by atoms with Gasteiger partial charge in [0.25, 0.3) is 0 Å². The van der Waals surface area contributed by atoms with Gasteiger partial charge in [0, 0.05) is 25.8 Å². The van der Waals surface area contributed by atoms with Gasteiger partial charge in [-0.25, -0.2) is 0 Å². The highest BCUT2D eigenvalue weighted by Gasteiger charge is 2.24. The van der Waals surface area contributed by atoms with Crippen LogP contribution in [0.1, 0.15) is 31.5 Å². The van der Waals surface area contributed by atoms with Crippen LogP contribution in [0.25, 0.3) is 0 Å². The van der Waals surface area contributed by atoms with Gasteiger partial charge >= 0.3 is 0 Å². The Morgan fingerprint density at radius 1 is 1.62 bits per heavy atom. The molecule has 0 aromatic carbocycles. The zero-order chi connectivity index (χ0) is 11.5. The van der Waals surface area contributed by atoms with Gasteiger partial charge in [-0.15, -0.1) is 0 Å². The molecule has 2 unspecified atom stereocenters. The molecule has 1 aliphatic rings. The number of likely N-dealkylation sites (tertiary alicyclic amines) is 1. The Hall–Kier alpha value is -0.870. The summed E-state index contributed by atoms with van der Waals surface area (Å²) >= 11 is 0. The Balaban J connectivity index is 2.04. The van der Waals surface area contributed by atoms with Gasteiger partial charge in [-0.1, -0.05) is 0 Å². The van der Waals surface area contributed by atoms with E-state index in [2.05, 4.69) is 23.0 Å². The lowest BCUT2D eigenvalue weighted by Crippen LogP contribution is -2.40. The lowest BCUT2D eigenvalue weighted by Gasteiger charge is -2.36. The van der Waals surface area contributed by atoms with Crippen LogP contribution in [-0.2, 0) is 7.05 Å². The first-order valence-corrected chi connectivity index (χ1v) is 6.14. The molecule has 2 rings (SSSR count). The van der Waals surface area contributed by atoms with Gasteiger partial charge in [-0.05, 0) is 44.8 Å². The highest BCUT2D eigenvalue weighted by molar-refractivity contribution is 5.06. The van der Waals surface area contributed by atoms with Crippen LogP contribution in [0.4, 0.5) is 0 Å². The Labute approximate surface area is 97.4 Å². The first-order valence-electron chi connectivity index (χ1n) is 6.14. The molecule has 0 aliphatic carbocycles. The lowest BCUT2D eigenvalue weighted by molar-refractivity contribution is 0.130. The molecule has 0 radical (unpaired) electrons. The molecule has 1 aromatic heterocycles. The molecular formula is C12H22N4. The fourth-order valence-corrected chi connectivity index (χ4v) is 2.62. The van der Waals surface area contributed by atoms with Crippen LogP contribution in [0.2, 0.25) is 0 Å². The van der Waals surface area contributed by atoms with Crippen molar-refractivity contribution in [3.8, 4) is 0 Å². The van der Waals surface area contributed by atoms with Crippen molar-refractivity contribution in [3.63, 3.8) is 0 Å². The third kappa shape index (κ3) is 2.28. The quantitative estimate of drug-likeness (QED) is 0.834. The molecule has 2 atom stereocenters. The Bertz CT molecular complexity index is 334. The van der Waals surface area contributed by atoms with Crippen molar-refractivity contribution < 1.29 is 0 Å². The summed E-state index contributed by atoms with van der Waals surface area (Å²) in [6.07, 6.45) is 4.42. The third-order valence-electron chi connectivity index (χ3n) is 3.72. The third-order valence-corrected chi connectivity index (χ3v) is 3.72. The Morgan fingerprint density at radius 2 is 2.44 bits per heavy atom. The predicted octanol–water partition coefficient (Wildman–Crippen LogP) is 1.15. The minimum absolute atomic E-state index is 0.446. The second-order valence-electron chi connectivity index (χ2n) is 4.79. The largest absolute Gasteiger partial charge is 0.330 e. The summed E-state index contributed by atoms with van der Waals surface area (Å²) in [6.45, 7) is 5.39. The van der Waals surface area contributed by atoms with E-state index >= 15 is 0 Å². The maximum absolute atomic E-state index is 5.77. The summed E-state index contributed by atoms with van der Waals surface area (Å²) in [4.78, 5) is 2.53. The van der Waals surface area contributed by atoms with E-state index in [1.165, 1.54) is 25.1 Å². The van der Waals surface area contributed by atoms with Crippen LogP contribution < -0.4 is 5.73 Å². The molecular weight excluding hydrogens is 200 g/mol. The molecule has 1 fully saturated rings. The first-order chi connectivity index (χ1) is 7.72. The maximum atomic E-state index is 5.77. The van der Waals surface area contributed by atoms with Gasteiger partial charge in [0.2, 0.25) is 0 Å². The lowest BCUT2D eigenvalue weighted by atomic mass is 9.96. The zero-order valence-corrected chi connectivity index (χ0v) is 10.3. The minimum atomic E-state index is 0.446. The average molecular weight is 222 g/mol. The van der Waals surface area contributed by atoms with Crippen molar-refractivity contribution in [1.82, 2.24) is 14.7 Å². The van der Waals surface area contributed by atoms with Crippen molar-refractivity contribution in [2.45, 2.75) is 25.8 Å².